The molecule has 0 aliphatic heterocycles. The normalized spacial score (nSPS) is 14.4. The monoisotopic (exact) mass is 295 g/mol. The number of hydrogen-bond acceptors (Lipinski definition) is 3. The third-order valence-corrected chi connectivity index (χ3v) is 4.18. The van der Waals surface area contributed by atoms with E-state index in [1.54, 1.807) is 30.0 Å². The van der Waals surface area contributed by atoms with Crippen LogP contribution in [-0.4, -0.2) is 11.2 Å². The van der Waals surface area contributed by atoms with Crippen LogP contribution in [0.4, 0.5) is 5.69 Å². The van der Waals surface area contributed by atoms with Crippen LogP contribution in [0.25, 0.3) is 17.7 Å². The minimum atomic E-state index is -0.358. The maximum Gasteiger partial charge on any atom is 0.270 e. The summed E-state index contributed by atoms with van der Waals surface area (Å²) in [4.78, 5) is 11.8. The molecule has 0 N–H and O–H groups in total. The Hall–Kier alpha value is -2.33. The second-order valence-corrected chi connectivity index (χ2v) is 5.61. The van der Waals surface area contributed by atoms with Crippen molar-refractivity contribution in [1.29, 1.82) is 0 Å². The van der Waals surface area contributed by atoms with E-state index in [1.807, 2.05) is 18.4 Å². The summed E-state index contributed by atoms with van der Waals surface area (Å²) < 4.78 is 0. The van der Waals surface area contributed by atoms with E-state index in [4.69, 9.17) is 0 Å². The van der Waals surface area contributed by atoms with Gasteiger partial charge in [0.25, 0.3) is 5.69 Å². The Balaban J connectivity index is 1.98. The molecule has 0 atom stereocenters. The van der Waals surface area contributed by atoms with Crippen molar-refractivity contribution in [3.8, 4) is 0 Å². The molecule has 0 bridgehead atoms. The van der Waals surface area contributed by atoms with Crippen molar-refractivity contribution in [2.24, 2.45) is 0 Å². The highest BCUT2D eigenvalue weighted by molar-refractivity contribution is 7.98. The van der Waals surface area contributed by atoms with Gasteiger partial charge in [-0.15, -0.1) is 11.8 Å². The van der Waals surface area contributed by atoms with Crippen LogP contribution in [0.15, 0.2) is 53.4 Å². The molecule has 0 fully saturated rings. The molecular formula is C17H13NO2S. The Bertz CT molecular complexity index is 761. The molecule has 0 unspecified atom stereocenters. The predicted octanol–water partition coefficient (Wildman–Crippen LogP) is 4.88. The average Bonchev–Trinajstić information content (AvgIpc) is 2.90. The molecule has 0 amide bonds. The minimum absolute atomic E-state index is 0.126. The van der Waals surface area contributed by atoms with Gasteiger partial charge in [-0.1, -0.05) is 24.3 Å². The fourth-order valence-electron chi connectivity index (χ4n) is 2.33. The Morgan fingerprint density at radius 2 is 1.86 bits per heavy atom. The van der Waals surface area contributed by atoms with E-state index < -0.39 is 0 Å². The van der Waals surface area contributed by atoms with Crippen LogP contribution in [-0.2, 0) is 0 Å². The second-order valence-electron chi connectivity index (χ2n) is 4.73. The Morgan fingerprint density at radius 3 is 2.52 bits per heavy atom. The lowest BCUT2D eigenvalue weighted by Gasteiger charge is -2.03. The highest BCUT2D eigenvalue weighted by atomic mass is 32.2. The number of non-ortho nitro benzene ring substituents is 1. The second kappa shape index (κ2) is 5.58. The summed E-state index contributed by atoms with van der Waals surface area (Å²) in [7, 11) is 0. The zero-order valence-corrected chi connectivity index (χ0v) is 12.3. The van der Waals surface area contributed by atoms with Crippen molar-refractivity contribution in [2.45, 2.75) is 4.90 Å². The minimum Gasteiger partial charge on any atom is -0.258 e. The molecule has 21 heavy (non-hydrogen) atoms. The van der Waals surface area contributed by atoms with Crippen LogP contribution in [0.2, 0.25) is 0 Å². The van der Waals surface area contributed by atoms with Gasteiger partial charge in [0.2, 0.25) is 0 Å². The summed E-state index contributed by atoms with van der Waals surface area (Å²) in [5, 5.41) is 10.9. The number of rotatable bonds is 3. The van der Waals surface area contributed by atoms with Crippen molar-refractivity contribution in [1.82, 2.24) is 0 Å². The standard InChI is InChI=1S/C17H13NO2S/c1-21-16-8-2-12(3-9-16)10-14-5-4-13-6-7-15(18(19)20)11-17(13)14/h2-11H,1H3/b14-10+. The molecule has 0 saturated carbocycles. The molecule has 1 aliphatic rings. The zero-order valence-electron chi connectivity index (χ0n) is 11.4. The maximum absolute atomic E-state index is 10.9. The number of fused-ring (bicyclic) bond motifs is 1. The number of nitro benzene ring substituents is 1. The molecular weight excluding hydrogens is 282 g/mol. The van der Waals surface area contributed by atoms with Gasteiger partial charge in [-0.25, -0.2) is 0 Å². The fourth-order valence-corrected chi connectivity index (χ4v) is 2.74. The van der Waals surface area contributed by atoms with E-state index >= 15 is 0 Å². The molecule has 0 spiro atoms. The number of benzene rings is 2. The van der Waals surface area contributed by atoms with Gasteiger partial charge < -0.3 is 0 Å². The van der Waals surface area contributed by atoms with Gasteiger partial charge in [0.15, 0.2) is 0 Å². The first-order valence-electron chi connectivity index (χ1n) is 6.50. The molecule has 0 aromatic heterocycles. The first-order valence-corrected chi connectivity index (χ1v) is 7.72. The van der Waals surface area contributed by atoms with E-state index in [9.17, 15) is 10.1 Å². The van der Waals surface area contributed by atoms with E-state index in [2.05, 4.69) is 30.3 Å². The number of allylic oxidation sites excluding steroid dienone is 2. The van der Waals surface area contributed by atoms with Crippen molar-refractivity contribution in [2.75, 3.05) is 6.26 Å². The smallest absolute Gasteiger partial charge is 0.258 e. The first-order chi connectivity index (χ1) is 10.2. The summed E-state index contributed by atoms with van der Waals surface area (Å²) in [6, 6.07) is 13.2. The van der Waals surface area contributed by atoms with Crippen LogP contribution in [0.3, 0.4) is 0 Å². The van der Waals surface area contributed by atoms with Crippen LogP contribution in [0, 0.1) is 10.1 Å². The number of nitro groups is 1. The van der Waals surface area contributed by atoms with Crippen molar-refractivity contribution in [3.63, 3.8) is 0 Å². The van der Waals surface area contributed by atoms with Gasteiger partial charge in [-0.05, 0) is 52.8 Å². The predicted molar refractivity (Wildman–Crippen MR) is 88.2 cm³/mol. The van der Waals surface area contributed by atoms with E-state index in [1.165, 1.54) is 4.90 Å². The van der Waals surface area contributed by atoms with Crippen LogP contribution in [0.5, 0.6) is 0 Å². The van der Waals surface area contributed by atoms with Crippen LogP contribution >= 0.6 is 11.8 Å². The lowest BCUT2D eigenvalue weighted by Crippen LogP contribution is -1.90. The molecule has 0 saturated heterocycles. The maximum atomic E-state index is 10.9. The van der Waals surface area contributed by atoms with E-state index in [0.717, 1.165) is 22.3 Å². The topological polar surface area (TPSA) is 43.1 Å². The number of hydrogen-bond donors (Lipinski definition) is 0. The zero-order chi connectivity index (χ0) is 14.8. The summed E-state index contributed by atoms with van der Waals surface area (Å²) in [5.74, 6) is 0. The molecule has 3 rings (SSSR count). The number of nitrogens with zero attached hydrogens (tertiary/aromatic N) is 1. The molecule has 4 heteroatoms. The molecule has 0 heterocycles. The fraction of sp³-hybridized carbons (Fsp3) is 0.0588. The van der Waals surface area contributed by atoms with Gasteiger partial charge in [0.1, 0.15) is 0 Å². The van der Waals surface area contributed by atoms with Gasteiger partial charge >= 0.3 is 0 Å². The summed E-state index contributed by atoms with van der Waals surface area (Å²) in [5.41, 5.74) is 4.16. The van der Waals surface area contributed by atoms with E-state index in [0.29, 0.717) is 0 Å². The molecule has 104 valence electrons. The molecule has 1 aliphatic carbocycles. The van der Waals surface area contributed by atoms with Gasteiger partial charge in [-0.3, -0.25) is 10.1 Å². The Labute approximate surface area is 127 Å². The van der Waals surface area contributed by atoms with Crippen molar-refractivity contribution in [3.05, 3.63) is 75.3 Å². The quantitative estimate of drug-likeness (QED) is 0.460. The molecule has 2 aromatic rings. The SMILES string of the molecule is CSc1ccc(/C=C2\C=Cc3ccc([N+](=O)[O-])cc32)cc1. The van der Waals surface area contributed by atoms with Gasteiger partial charge in [0.05, 0.1) is 4.92 Å². The lowest BCUT2D eigenvalue weighted by atomic mass is 10.0. The van der Waals surface area contributed by atoms with Gasteiger partial charge in [-0.2, -0.15) is 0 Å². The van der Waals surface area contributed by atoms with Crippen LogP contribution < -0.4 is 0 Å². The Morgan fingerprint density at radius 1 is 1.10 bits per heavy atom. The third-order valence-electron chi connectivity index (χ3n) is 3.44. The highest BCUT2D eigenvalue weighted by Crippen LogP contribution is 2.33. The van der Waals surface area contributed by atoms with Crippen molar-refractivity contribution >= 4 is 35.2 Å². The van der Waals surface area contributed by atoms with E-state index in [-0.39, 0.29) is 10.6 Å². The Kier molecular flexibility index (Phi) is 3.62. The van der Waals surface area contributed by atoms with Crippen LogP contribution in [0.1, 0.15) is 16.7 Å². The number of thioether (sulfide) groups is 1. The largest absolute Gasteiger partial charge is 0.270 e. The summed E-state index contributed by atoms with van der Waals surface area (Å²) in [6.07, 6.45) is 8.08. The molecule has 3 nitrogen and oxygen atoms in total. The third kappa shape index (κ3) is 2.76. The van der Waals surface area contributed by atoms with Gasteiger partial charge in [0, 0.05) is 17.0 Å². The summed E-state index contributed by atoms with van der Waals surface area (Å²) in [6.45, 7) is 0. The molecule has 2 aromatic carbocycles. The average molecular weight is 295 g/mol. The first kappa shape index (κ1) is 13.6. The highest BCUT2D eigenvalue weighted by Gasteiger charge is 2.15. The van der Waals surface area contributed by atoms with Crippen molar-refractivity contribution < 1.29 is 4.92 Å². The molecule has 0 radical (unpaired) electrons. The summed E-state index contributed by atoms with van der Waals surface area (Å²) >= 11 is 1.70. The lowest BCUT2D eigenvalue weighted by molar-refractivity contribution is -0.384.